The Morgan fingerprint density at radius 2 is 1.77 bits per heavy atom. The summed E-state index contributed by atoms with van der Waals surface area (Å²) in [5.41, 5.74) is 4.82. The summed E-state index contributed by atoms with van der Waals surface area (Å²) in [7, 11) is 0. The minimum absolute atomic E-state index is 0.0301. The zero-order valence-electron chi connectivity index (χ0n) is 15.1. The van der Waals surface area contributed by atoms with Crippen molar-refractivity contribution < 1.29 is 18.3 Å². The van der Waals surface area contributed by atoms with Crippen molar-refractivity contribution >= 4 is 34.9 Å². The van der Waals surface area contributed by atoms with Crippen molar-refractivity contribution in [3.63, 3.8) is 0 Å². The number of ether oxygens (including phenoxy) is 1. The molecule has 1 aromatic carbocycles. The summed E-state index contributed by atoms with van der Waals surface area (Å²) in [6.07, 6.45) is -0.431. The fourth-order valence-corrected chi connectivity index (χ4v) is 2.61. The van der Waals surface area contributed by atoms with E-state index in [1.54, 1.807) is 25.7 Å². The Bertz CT molecular complexity index is 675. The van der Waals surface area contributed by atoms with E-state index in [9.17, 15) is 13.6 Å². The number of amides is 1. The van der Waals surface area contributed by atoms with E-state index in [0.29, 0.717) is 26.2 Å². The predicted octanol–water partition coefficient (Wildman–Crippen LogP) is 3.25. The second-order valence-electron chi connectivity index (χ2n) is 6.95. The van der Waals surface area contributed by atoms with Gasteiger partial charge in [-0.25, -0.2) is 18.6 Å². The maximum atomic E-state index is 14.4. The van der Waals surface area contributed by atoms with Crippen LogP contribution in [-0.2, 0) is 4.74 Å². The monoisotopic (exact) mass is 388 g/mol. The lowest BCUT2D eigenvalue weighted by atomic mass is 10.2. The number of nitrogens with zero attached hydrogens (tertiary/aromatic N) is 3. The van der Waals surface area contributed by atoms with Gasteiger partial charge in [0.15, 0.2) is 11.6 Å². The number of carbonyl (C=O) groups excluding carboxylic acids is 1. The molecule has 9 heteroatoms. The normalized spacial score (nSPS) is 16.0. The molecule has 0 spiro atoms. The van der Waals surface area contributed by atoms with Crippen molar-refractivity contribution in [1.29, 1.82) is 0 Å². The number of amidine groups is 1. The van der Waals surface area contributed by atoms with Crippen molar-refractivity contribution in [1.82, 2.24) is 4.90 Å². The summed E-state index contributed by atoms with van der Waals surface area (Å²) in [4.78, 5) is 19.0. The fraction of sp³-hybridized carbons (Fsp3) is 0.529. The zero-order chi connectivity index (χ0) is 19.5. The van der Waals surface area contributed by atoms with Gasteiger partial charge in [0.1, 0.15) is 17.1 Å². The van der Waals surface area contributed by atoms with E-state index in [-0.39, 0.29) is 23.1 Å². The van der Waals surface area contributed by atoms with Gasteiger partial charge >= 0.3 is 6.09 Å². The van der Waals surface area contributed by atoms with E-state index in [2.05, 4.69) is 4.99 Å². The second kappa shape index (κ2) is 8.07. The molecule has 6 nitrogen and oxygen atoms in total. The average molecular weight is 389 g/mol. The number of aliphatic imine (C=N–C) groups is 1. The van der Waals surface area contributed by atoms with Gasteiger partial charge in [-0.1, -0.05) is 0 Å². The molecule has 0 unspecified atom stereocenters. The number of piperazine rings is 1. The number of carbonyl (C=O) groups is 1. The number of alkyl halides is 1. The minimum Gasteiger partial charge on any atom is -0.444 e. The molecule has 1 fully saturated rings. The van der Waals surface area contributed by atoms with Gasteiger partial charge in [0.05, 0.1) is 11.6 Å². The molecule has 0 aromatic heterocycles. The van der Waals surface area contributed by atoms with Gasteiger partial charge in [-0.05, 0) is 20.8 Å². The van der Waals surface area contributed by atoms with Crippen LogP contribution >= 0.6 is 11.6 Å². The molecule has 1 saturated heterocycles. The lowest BCUT2D eigenvalue weighted by molar-refractivity contribution is 0.0240. The summed E-state index contributed by atoms with van der Waals surface area (Å²) in [5, 5.41) is 0. The molecular formula is C17H23ClF2N4O2. The first-order chi connectivity index (χ1) is 12.1. The average Bonchev–Trinajstić information content (AvgIpc) is 2.53. The van der Waals surface area contributed by atoms with Gasteiger partial charge in [-0.15, -0.1) is 11.6 Å². The molecule has 0 bridgehead atoms. The Hall–Kier alpha value is -2.09. The number of hydrogen-bond acceptors (Lipinski definition) is 4. The van der Waals surface area contributed by atoms with E-state index >= 15 is 0 Å². The first-order valence-corrected chi connectivity index (χ1v) is 8.75. The van der Waals surface area contributed by atoms with Crippen molar-refractivity contribution in [2.24, 2.45) is 10.7 Å². The number of hydrogen-bond donors (Lipinski definition) is 1. The van der Waals surface area contributed by atoms with Crippen molar-refractivity contribution in [3.8, 4) is 0 Å². The Balaban J connectivity index is 2.09. The molecule has 26 heavy (non-hydrogen) atoms. The standard InChI is InChI=1S/C17H23ClF2N4O2/c1-17(2,3)26-16(25)24-6-4-23(5-7-24)15-12(19)8-11(9-13(15)20)22-14(21)10-18/h8-9H,4-7,10H2,1-3H3,(H2,21,22). The van der Waals surface area contributed by atoms with Crippen LogP contribution in [0.25, 0.3) is 0 Å². The molecule has 0 saturated carbocycles. The van der Waals surface area contributed by atoms with Crippen LogP contribution in [0.4, 0.5) is 25.0 Å². The lowest BCUT2D eigenvalue weighted by Crippen LogP contribution is -2.50. The van der Waals surface area contributed by atoms with Crippen LogP contribution in [0, 0.1) is 11.6 Å². The molecule has 1 aliphatic rings. The Morgan fingerprint density at radius 3 is 2.23 bits per heavy atom. The molecule has 0 aliphatic carbocycles. The van der Waals surface area contributed by atoms with E-state index in [4.69, 9.17) is 22.1 Å². The summed E-state index contributed by atoms with van der Waals surface area (Å²) in [6.45, 7) is 6.56. The highest BCUT2D eigenvalue weighted by Crippen LogP contribution is 2.29. The van der Waals surface area contributed by atoms with Gasteiger partial charge in [0.25, 0.3) is 0 Å². The summed E-state index contributed by atoms with van der Waals surface area (Å²) < 4.78 is 34.1. The van der Waals surface area contributed by atoms with Gasteiger partial charge in [0, 0.05) is 38.3 Å². The Labute approximate surface area is 156 Å². The van der Waals surface area contributed by atoms with Gasteiger partial charge in [0.2, 0.25) is 0 Å². The SMILES string of the molecule is CC(C)(C)OC(=O)N1CCN(c2c(F)cc(N=C(N)CCl)cc2F)CC1. The molecule has 1 aliphatic heterocycles. The van der Waals surface area contributed by atoms with Gasteiger partial charge in [-0.2, -0.15) is 0 Å². The molecule has 1 amide bonds. The quantitative estimate of drug-likeness (QED) is 0.490. The highest BCUT2D eigenvalue weighted by Gasteiger charge is 2.28. The predicted molar refractivity (Wildman–Crippen MR) is 98.4 cm³/mol. The summed E-state index contributed by atoms with van der Waals surface area (Å²) >= 11 is 5.52. The Kier molecular flexibility index (Phi) is 6.28. The smallest absolute Gasteiger partial charge is 0.410 e. The Morgan fingerprint density at radius 1 is 1.23 bits per heavy atom. The first kappa shape index (κ1) is 20.2. The third kappa shape index (κ3) is 5.20. The zero-order valence-corrected chi connectivity index (χ0v) is 15.8. The molecule has 2 N–H and O–H groups in total. The largest absolute Gasteiger partial charge is 0.444 e. The molecule has 144 valence electrons. The number of benzene rings is 1. The van der Waals surface area contributed by atoms with Gasteiger partial charge < -0.3 is 20.3 Å². The van der Waals surface area contributed by atoms with E-state index in [1.165, 1.54) is 4.90 Å². The molecule has 0 atom stereocenters. The number of halogens is 3. The second-order valence-corrected chi connectivity index (χ2v) is 7.22. The van der Waals surface area contributed by atoms with Crippen LogP contribution in [-0.4, -0.2) is 54.5 Å². The number of nitrogens with two attached hydrogens (primary N) is 1. The lowest BCUT2D eigenvalue weighted by Gasteiger charge is -2.36. The number of anilines is 1. The highest BCUT2D eigenvalue weighted by atomic mass is 35.5. The minimum atomic E-state index is -0.739. The van der Waals surface area contributed by atoms with Crippen LogP contribution < -0.4 is 10.6 Å². The third-order valence-electron chi connectivity index (χ3n) is 3.66. The molecule has 2 rings (SSSR count). The van der Waals surface area contributed by atoms with Crippen LogP contribution in [0.3, 0.4) is 0 Å². The fourth-order valence-electron chi connectivity index (χ4n) is 2.55. The highest BCUT2D eigenvalue weighted by molar-refractivity contribution is 6.28. The van der Waals surface area contributed by atoms with Crippen LogP contribution in [0.2, 0.25) is 0 Å². The van der Waals surface area contributed by atoms with Crippen LogP contribution in [0.5, 0.6) is 0 Å². The maximum absolute atomic E-state index is 14.4. The van der Waals surface area contributed by atoms with Crippen molar-refractivity contribution in [2.75, 3.05) is 37.0 Å². The summed E-state index contributed by atoms with van der Waals surface area (Å²) in [5.74, 6) is -1.43. The van der Waals surface area contributed by atoms with Crippen LogP contribution in [0.15, 0.2) is 17.1 Å². The van der Waals surface area contributed by atoms with E-state index < -0.39 is 23.3 Å². The van der Waals surface area contributed by atoms with Crippen molar-refractivity contribution in [2.45, 2.75) is 26.4 Å². The van der Waals surface area contributed by atoms with Crippen LogP contribution in [0.1, 0.15) is 20.8 Å². The number of rotatable bonds is 3. The third-order valence-corrected chi connectivity index (χ3v) is 3.93. The van der Waals surface area contributed by atoms with E-state index in [0.717, 1.165) is 12.1 Å². The summed E-state index contributed by atoms with van der Waals surface area (Å²) in [6, 6.07) is 2.22. The molecule has 1 aromatic rings. The van der Waals surface area contributed by atoms with Crippen molar-refractivity contribution in [3.05, 3.63) is 23.8 Å². The first-order valence-electron chi connectivity index (χ1n) is 8.21. The topological polar surface area (TPSA) is 71.2 Å². The van der Waals surface area contributed by atoms with E-state index in [1.807, 2.05) is 0 Å². The molecule has 0 radical (unpaired) electrons. The maximum Gasteiger partial charge on any atom is 0.410 e. The molecule has 1 heterocycles. The van der Waals surface area contributed by atoms with Gasteiger partial charge in [-0.3, -0.25) is 0 Å². The molecular weight excluding hydrogens is 366 g/mol.